The normalized spacial score (nSPS) is 10.8. The Morgan fingerprint density at radius 2 is 1.86 bits per heavy atom. The summed E-state index contributed by atoms with van der Waals surface area (Å²) in [7, 11) is 0. The summed E-state index contributed by atoms with van der Waals surface area (Å²) >= 11 is 0. The molecule has 0 aliphatic carbocycles. The summed E-state index contributed by atoms with van der Waals surface area (Å²) in [6.07, 6.45) is 2.44. The predicted octanol–water partition coefficient (Wildman–Crippen LogP) is 2.67. The van der Waals surface area contributed by atoms with Crippen LogP contribution >= 0.6 is 0 Å². The molecule has 0 aliphatic rings. The largest absolute Gasteiger partial charge is 0.358 e. The van der Waals surface area contributed by atoms with Gasteiger partial charge >= 0.3 is 0 Å². The summed E-state index contributed by atoms with van der Waals surface area (Å²) in [5.74, 6) is 0. The molecule has 2 nitrogen and oxygen atoms in total. The lowest BCUT2D eigenvalue weighted by Crippen LogP contribution is -2.14. The van der Waals surface area contributed by atoms with Crippen LogP contribution in [-0.2, 0) is 4.79 Å². The first-order valence-corrected chi connectivity index (χ1v) is 4.90. The first-order valence-electron chi connectivity index (χ1n) is 4.90. The zero-order valence-electron chi connectivity index (χ0n) is 9.52. The van der Waals surface area contributed by atoms with Crippen LogP contribution in [-0.4, -0.2) is 13.0 Å². The van der Waals surface area contributed by atoms with E-state index in [9.17, 15) is 4.79 Å². The van der Waals surface area contributed by atoms with Crippen LogP contribution in [0.2, 0.25) is 0 Å². The average molecular weight is 195 g/mol. The number of allylic oxidation sites excluding steroid dienone is 1. The van der Waals surface area contributed by atoms with Crippen LogP contribution in [0, 0.1) is 5.41 Å². The summed E-state index contributed by atoms with van der Waals surface area (Å²) in [5.41, 5.74) is 2.37. The molecular formula is C12H21NO. The van der Waals surface area contributed by atoms with Crippen molar-refractivity contribution >= 4 is 6.41 Å². The maximum Gasteiger partial charge on any atom is 0.207 e. The van der Waals surface area contributed by atoms with E-state index in [-0.39, 0.29) is 5.41 Å². The van der Waals surface area contributed by atoms with E-state index >= 15 is 0 Å². The van der Waals surface area contributed by atoms with Gasteiger partial charge in [-0.15, -0.1) is 0 Å². The van der Waals surface area contributed by atoms with Crippen molar-refractivity contribution in [3.63, 3.8) is 0 Å². The molecule has 1 amide bonds. The maximum absolute atomic E-state index is 10.0. The van der Waals surface area contributed by atoms with Gasteiger partial charge in [0.15, 0.2) is 0 Å². The smallest absolute Gasteiger partial charge is 0.207 e. The van der Waals surface area contributed by atoms with Gasteiger partial charge in [0.1, 0.15) is 0 Å². The summed E-state index contributed by atoms with van der Waals surface area (Å²) in [6, 6.07) is 0. The van der Waals surface area contributed by atoms with Crippen LogP contribution in [0.15, 0.2) is 24.3 Å². The molecule has 0 bridgehead atoms. The summed E-state index contributed by atoms with van der Waals surface area (Å²) in [6.45, 7) is 15.1. The topological polar surface area (TPSA) is 29.1 Å². The maximum atomic E-state index is 10.0. The number of carbonyl (C=O) groups is 1. The highest BCUT2D eigenvalue weighted by Gasteiger charge is 2.13. The second-order valence-electron chi connectivity index (χ2n) is 4.77. The van der Waals surface area contributed by atoms with E-state index in [0.29, 0.717) is 13.0 Å². The molecule has 0 aromatic heterocycles. The molecule has 0 fully saturated rings. The standard InChI is InChI=1S/C12H21NO/c1-10(6-7-13-9-14)11(2)8-12(3,4)5/h9H,1-2,6-8H2,3-5H3,(H,13,14). The lowest BCUT2D eigenvalue weighted by Gasteiger charge is -2.20. The van der Waals surface area contributed by atoms with Gasteiger partial charge in [0.2, 0.25) is 6.41 Å². The molecule has 0 radical (unpaired) electrons. The fourth-order valence-corrected chi connectivity index (χ4v) is 1.22. The van der Waals surface area contributed by atoms with Crippen molar-refractivity contribution in [3.8, 4) is 0 Å². The predicted molar refractivity (Wildman–Crippen MR) is 61.0 cm³/mol. The monoisotopic (exact) mass is 195 g/mol. The third-order valence-electron chi connectivity index (χ3n) is 1.90. The van der Waals surface area contributed by atoms with E-state index in [0.717, 1.165) is 24.0 Å². The molecular weight excluding hydrogens is 174 g/mol. The van der Waals surface area contributed by atoms with Gasteiger partial charge in [-0.1, -0.05) is 45.1 Å². The van der Waals surface area contributed by atoms with E-state index in [4.69, 9.17) is 0 Å². The van der Waals surface area contributed by atoms with Gasteiger partial charge in [0.25, 0.3) is 0 Å². The van der Waals surface area contributed by atoms with Crippen molar-refractivity contribution in [2.75, 3.05) is 6.54 Å². The van der Waals surface area contributed by atoms with E-state index in [1.54, 1.807) is 0 Å². The van der Waals surface area contributed by atoms with Crippen LogP contribution in [0.3, 0.4) is 0 Å². The summed E-state index contributed by atoms with van der Waals surface area (Å²) < 4.78 is 0. The molecule has 0 aliphatic heterocycles. The lowest BCUT2D eigenvalue weighted by molar-refractivity contribution is -0.109. The van der Waals surface area contributed by atoms with Gasteiger partial charge in [0.05, 0.1) is 0 Å². The molecule has 0 rings (SSSR count). The van der Waals surface area contributed by atoms with Gasteiger partial charge in [0, 0.05) is 6.54 Å². The third-order valence-corrected chi connectivity index (χ3v) is 1.90. The van der Waals surface area contributed by atoms with Crippen LogP contribution in [0.5, 0.6) is 0 Å². The Balaban J connectivity index is 3.89. The van der Waals surface area contributed by atoms with E-state index in [1.807, 2.05) is 0 Å². The third kappa shape index (κ3) is 6.46. The Morgan fingerprint density at radius 3 is 2.29 bits per heavy atom. The number of amides is 1. The molecule has 0 saturated carbocycles. The Morgan fingerprint density at radius 1 is 1.29 bits per heavy atom. The molecule has 0 atom stereocenters. The highest BCUT2D eigenvalue weighted by atomic mass is 16.1. The molecule has 0 aromatic carbocycles. The summed E-state index contributed by atoms with van der Waals surface area (Å²) in [4.78, 5) is 10.0. The van der Waals surface area contributed by atoms with Crippen molar-refractivity contribution < 1.29 is 4.79 Å². The van der Waals surface area contributed by atoms with Crippen LogP contribution in [0.1, 0.15) is 33.6 Å². The molecule has 0 heterocycles. The fourth-order valence-electron chi connectivity index (χ4n) is 1.22. The van der Waals surface area contributed by atoms with E-state index in [1.165, 1.54) is 0 Å². The molecule has 80 valence electrons. The van der Waals surface area contributed by atoms with Crippen molar-refractivity contribution in [2.24, 2.45) is 5.41 Å². The Labute approximate surface area is 87.1 Å². The summed E-state index contributed by atoms with van der Waals surface area (Å²) in [5, 5.41) is 2.61. The lowest BCUT2D eigenvalue weighted by atomic mass is 9.85. The first-order chi connectivity index (χ1) is 6.37. The zero-order valence-corrected chi connectivity index (χ0v) is 9.52. The molecule has 0 aromatic rings. The minimum Gasteiger partial charge on any atom is -0.358 e. The molecule has 0 spiro atoms. The fraction of sp³-hybridized carbons (Fsp3) is 0.583. The average Bonchev–Trinajstić information content (AvgIpc) is 2.01. The van der Waals surface area contributed by atoms with Crippen molar-refractivity contribution in [1.29, 1.82) is 0 Å². The van der Waals surface area contributed by atoms with Crippen LogP contribution < -0.4 is 5.32 Å². The van der Waals surface area contributed by atoms with Gasteiger partial charge in [-0.25, -0.2) is 0 Å². The van der Waals surface area contributed by atoms with Gasteiger partial charge < -0.3 is 5.32 Å². The molecule has 2 heteroatoms. The number of hydrogen-bond acceptors (Lipinski definition) is 1. The second-order valence-corrected chi connectivity index (χ2v) is 4.77. The van der Waals surface area contributed by atoms with Gasteiger partial charge in [-0.05, 0) is 18.3 Å². The minimum absolute atomic E-state index is 0.248. The number of carbonyl (C=O) groups excluding carboxylic acids is 1. The van der Waals surface area contributed by atoms with Crippen molar-refractivity contribution in [2.45, 2.75) is 33.6 Å². The first kappa shape index (κ1) is 12.9. The number of rotatable bonds is 6. The second kappa shape index (κ2) is 5.63. The molecule has 0 saturated heterocycles. The van der Waals surface area contributed by atoms with E-state index in [2.05, 4.69) is 39.2 Å². The van der Waals surface area contributed by atoms with Gasteiger partial charge in [-0.2, -0.15) is 0 Å². The van der Waals surface area contributed by atoms with E-state index < -0.39 is 0 Å². The number of hydrogen-bond donors (Lipinski definition) is 1. The Bertz CT molecular complexity index is 223. The van der Waals surface area contributed by atoms with Crippen LogP contribution in [0.25, 0.3) is 0 Å². The molecule has 1 N–H and O–H groups in total. The highest BCUT2D eigenvalue weighted by molar-refractivity contribution is 5.46. The van der Waals surface area contributed by atoms with Gasteiger partial charge in [-0.3, -0.25) is 4.79 Å². The highest BCUT2D eigenvalue weighted by Crippen LogP contribution is 2.27. The Hall–Kier alpha value is -1.05. The molecule has 14 heavy (non-hydrogen) atoms. The molecule has 0 unspecified atom stereocenters. The Kier molecular flexibility index (Phi) is 5.21. The zero-order chi connectivity index (χ0) is 11.2. The van der Waals surface area contributed by atoms with Crippen LogP contribution in [0.4, 0.5) is 0 Å². The minimum atomic E-state index is 0.248. The van der Waals surface area contributed by atoms with Crippen molar-refractivity contribution in [3.05, 3.63) is 24.3 Å². The quantitative estimate of drug-likeness (QED) is 0.394. The SMILES string of the molecule is C=C(CCNC=O)C(=C)CC(C)(C)C. The van der Waals surface area contributed by atoms with Crippen molar-refractivity contribution in [1.82, 2.24) is 5.32 Å². The number of nitrogens with one attached hydrogen (secondary N) is 1.